The highest BCUT2D eigenvalue weighted by Crippen LogP contribution is 2.41. The normalized spacial score (nSPS) is 16.0. The van der Waals surface area contributed by atoms with Gasteiger partial charge in [0.25, 0.3) is 5.91 Å². The van der Waals surface area contributed by atoms with Crippen LogP contribution in [0.5, 0.6) is 11.5 Å². The molecule has 0 bridgehead atoms. The molecule has 3 aromatic carbocycles. The number of carbonyl (C=O) groups excluding carboxylic acids is 1. The predicted octanol–water partition coefficient (Wildman–Crippen LogP) is 4.66. The highest BCUT2D eigenvalue weighted by molar-refractivity contribution is 6.32. The van der Waals surface area contributed by atoms with Crippen molar-refractivity contribution in [1.82, 2.24) is 0 Å². The van der Waals surface area contributed by atoms with E-state index in [-0.39, 0.29) is 10.9 Å². The van der Waals surface area contributed by atoms with Gasteiger partial charge in [0, 0.05) is 16.9 Å². The topological polar surface area (TPSA) is 72.8 Å². The summed E-state index contributed by atoms with van der Waals surface area (Å²) >= 11 is 6.00. The number of nitrogens with one attached hydrogen (secondary N) is 1. The quantitative estimate of drug-likeness (QED) is 0.562. The summed E-state index contributed by atoms with van der Waals surface area (Å²) in [4.78, 5) is 14.6. The molecule has 0 radical (unpaired) electrons. The average molecular weight is 385 g/mol. The van der Waals surface area contributed by atoms with Crippen molar-refractivity contribution >= 4 is 28.9 Å². The van der Waals surface area contributed by atoms with E-state index in [0.29, 0.717) is 22.5 Å². The zero-order valence-corrected chi connectivity index (χ0v) is 14.6. The number of carbonyl (C=O) groups is 1. The summed E-state index contributed by atoms with van der Waals surface area (Å²) in [6.45, 7) is 0. The third-order valence-corrected chi connectivity index (χ3v) is 4.70. The third kappa shape index (κ3) is 2.94. The van der Waals surface area contributed by atoms with Crippen LogP contribution in [0.4, 0.5) is 15.8 Å². The maximum atomic E-state index is 13.4. The predicted molar refractivity (Wildman–Crippen MR) is 101 cm³/mol. The number of aromatic hydroxyl groups is 2. The van der Waals surface area contributed by atoms with Gasteiger partial charge in [-0.2, -0.15) is 0 Å². The first-order valence-electron chi connectivity index (χ1n) is 8.12. The summed E-state index contributed by atoms with van der Waals surface area (Å²) in [5.41, 5.74) is 2.02. The van der Waals surface area contributed by atoms with Crippen molar-refractivity contribution in [2.45, 2.75) is 6.17 Å². The lowest BCUT2D eigenvalue weighted by Gasteiger charge is -2.38. The first-order chi connectivity index (χ1) is 13.0. The van der Waals surface area contributed by atoms with E-state index in [1.54, 1.807) is 24.3 Å². The van der Waals surface area contributed by atoms with Crippen molar-refractivity contribution in [3.63, 3.8) is 0 Å². The highest BCUT2D eigenvalue weighted by atomic mass is 35.5. The minimum absolute atomic E-state index is 0.0443. The fourth-order valence-corrected chi connectivity index (χ4v) is 3.34. The van der Waals surface area contributed by atoms with Gasteiger partial charge in [-0.15, -0.1) is 0 Å². The Morgan fingerprint density at radius 3 is 2.44 bits per heavy atom. The number of fused-ring (bicyclic) bond motifs is 1. The maximum absolute atomic E-state index is 13.4. The molecule has 136 valence electrons. The van der Waals surface area contributed by atoms with Crippen molar-refractivity contribution in [1.29, 1.82) is 0 Å². The van der Waals surface area contributed by atoms with E-state index >= 15 is 0 Å². The molecular formula is C20H14ClFN2O3. The number of anilines is 2. The molecular weight excluding hydrogens is 371 g/mol. The molecule has 1 aliphatic rings. The van der Waals surface area contributed by atoms with Crippen LogP contribution < -0.4 is 10.2 Å². The average Bonchev–Trinajstić information content (AvgIpc) is 2.66. The Balaban J connectivity index is 1.89. The molecule has 7 heteroatoms. The largest absolute Gasteiger partial charge is 0.504 e. The van der Waals surface area contributed by atoms with E-state index in [0.717, 1.165) is 0 Å². The minimum Gasteiger partial charge on any atom is -0.504 e. The summed E-state index contributed by atoms with van der Waals surface area (Å²) in [5.74, 6) is -1.54. The number of hydrogen-bond acceptors (Lipinski definition) is 4. The number of amides is 1. The van der Waals surface area contributed by atoms with Crippen LogP contribution in [0.2, 0.25) is 5.02 Å². The Morgan fingerprint density at radius 2 is 1.74 bits per heavy atom. The van der Waals surface area contributed by atoms with E-state index in [1.165, 1.54) is 41.3 Å². The number of para-hydroxylation sites is 1. The van der Waals surface area contributed by atoms with Crippen molar-refractivity contribution in [2.24, 2.45) is 0 Å². The van der Waals surface area contributed by atoms with Crippen LogP contribution in [0.25, 0.3) is 0 Å². The Kier molecular flexibility index (Phi) is 4.12. The van der Waals surface area contributed by atoms with Gasteiger partial charge in [0.05, 0.1) is 10.6 Å². The number of phenolic OH excluding ortho intramolecular Hbond substituents is 2. The second-order valence-corrected chi connectivity index (χ2v) is 6.52. The zero-order chi connectivity index (χ0) is 19.1. The van der Waals surface area contributed by atoms with Gasteiger partial charge in [0.1, 0.15) is 12.0 Å². The Bertz CT molecular complexity index is 1020. The summed E-state index contributed by atoms with van der Waals surface area (Å²) in [6, 6.07) is 15.3. The molecule has 0 aromatic heterocycles. The zero-order valence-electron chi connectivity index (χ0n) is 13.9. The van der Waals surface area contributed by atoms with Gasteiger partial charge in [-0.25, -0.2) is 4.39 Å². The van der Waals surface area contributed by atoms with Gasteiger partial charge >= 0.3 is 0 Å². The lowest BCUT2D eigenvalue weighted by molar-refractivity contribution is 0.0975. The van der Waals surface area contributed by atoms with Gasteiger partial charge in [-0.05, 0) is 48.5 Å². The Labute approximate surface area is 159 Å². The molecule has 0 saturated carbocycles. The lowest BCUT2D eigenvalue weighted by Crippen LogP contribution is -2.43. The van der Waals surface area contributed by atoms with Crippen LogP contribution in [0, 0.1) is 5.82 Å². The van der Waals surface area contributed by atoms with Crippen molar-refractivity contribution in [2.75, 3.05) is 10.2 Å². The Morgan fingerprint density at radius 1 is 1.04 bits per heavy atom. The third-order valence-electron chi connectivity index (χ3n) is 4.41. The number of phenols is 2. The summed E-state index contributed by atoms with van der Waals surface area (Å²) in [7, 11) is 0. The molecule has 0 unspecified atom stereocenters. The highest BCUT2D eigenvalue weighted by Gasteiger charge is 2.34. The summed E-state index contributed by atoms with van der Waals surface area (Å²) < 4.78 is 13.4. The van der Waals surface area contributed by atoms with Gasteiger partial charge in [-0.3, -0.25) is 9.69 Å². The molecule has 1 aliphatic heterocycles. The smallest absolute Gasteiger partial charge is 0.262 e. The molecule has 1 atom stereocenters. The van der Waals surface area contributed by atoms with Crippen molar-refractivity contribution < 1.29 is 19.4 Å². The number of hydrogen-bond donors (Lipinski definition) is 3. The lowest BCUT2D eigenvalue weighted by atomic mass is 10.0. The number of benzene rings is 3. The second-order valence-electron chi connectivity index (χ2n) is 6.11. The molecule has 27 heavy (non-hydrogen) atoms. The van der Waals surface area contributed by atoms with E-state index in [2.05, 4.69) is 5.32 Å². The SMILES string of the molecule is O=C1c2ccccc2N[C@@H](c2cc(O)c(O)c(Cl)c2)N1c1ccc(F)cc1. The number of halogens is 2. The van der Waals surface area contributed by atoms with Crippen LogP contribution in [0.3, 0.4) is 0 Å². The van der Waals surface area contributed by atoms with E-state index < -0.39 is 23.5 Å². The van der Waals surface area contributed by atoms with Crippen LogP contribution in [-0.4, -0.2) is 16.1 Å². The van der Waals surface area contributed by atoms with Gasteiger partial charge in [0.2, 0.25) is 0 Å². The van der Waals surface area contributed by atoms with E-state index in [1.807, 2.05) is 0 Å². The standard InChI is InChI=1S/C20H14ClFN2O3/c21-15-9-11(10-17(25)18(15)26)19-23-16-4-2-1-3-14(16)20(27)24(19)13-7-5-12(22)6-8-13/h1-10,19,23,25-26H/t19-/m1/s1. The summed E-state index contributed by atoms with van der Waals surface area (Å²) in [5, 5.41) is 22.9. The first kappa shape index (κ1) is 17.2. The Hall–Kier alpha value is -3.25. The molecule has 3 N–H and O–H groups in total. The number of nitrogens with zero attached hydrogens (tertiary/aromatic N) is 1. The second kappa shape index (κ2) is 6.48. The molecule has 0 aliphatic carbocycles. The van der Waals surface area contributed by atoms with Crippen LogP contribution in [0.1, 0.15) is 22.1 Å². The maximum Gasteiger partial charge on any atom is 0.262 e. The van der Waals surface area contributed by atoms with Gasteiger partial charge in [-0.1, -0.05) is 23.7 Å². The number of rotatable bonds is 2. The molecule has 0 fully saturated rings. The first-order valence-corrected chi connectivity index (χ1v) is 8.49. The van der Waals surface area contributed by atoms with Gasteiger partial charge in [0.15, 0.2) is 11.5 Å². The fraction of sp³-hybridized carbons (Fsp3) is 0.0500. The molecule has 0 saturated heterocycles. The molecule has 1 amide bonds. The van der Waals surface area contributed by atoms with Crippen molar-refractivity contribution in [3.05, 3.63) is 82.6 Å². The van der Waals surface area contributed by atoms with Crippen LogP contribution >= 0.6 is 11.6 Å². The molecule has 0 spiro atoms. The van der Waals surface area contributed by atoms with Crippen molar-refractivity contribution in [3.8, 4) is 11.5 Å². The van der Waals surface area contributed by atoms with E-state index in [4.69, 9.17) is 11.6 Å². The van der Waals surface area contributed by atoms with E-state index in [9.17, 15) is 19.4 Å². The molecule has 5 nitrogen and oxygen atoms in total. The molecule has 1 heterocycles. The summed E-state index contributed by atoms with van der Waals surface area (Å²) in [6.07, 6.45) is -0.720. The van der Waals surface area contributed by atoms with Crippen LogP contribution in [-0.2, 0) is 0 Å². The fourth-order valence-electron chi connectivity index (χ4n) is 3.12. The monoisotopic (exact) mass is 384 g/mol. The molecule has 3 aromatic rings. The minimum atomic E-state index is -0.720. The molecule has 4 rings (SSSR count). The van der Waals surface area contributed by atoms with Crippen LogP contribution in [0.15, 0.2) is 60.7 Å². The van der Waals surface area contributed by atoms with Gasteiger partial charge < -0.3 is 15.5 Å².